The minimum atomic E-state index is -1.82. The van der Waals surface area contributed by atoms with Gasteiger partial charge in [0.25, 0.3) is 11.8 Å². The third-order valence-electron chi connectivity index (χ3n) is 13.5. The van der Waals surface area contributed by atoms with Crippen molar-refractivity contribution in [3.63, 3.8) is 0 Å². The molecule has 9 aromatic heterocycles. The average molecular weight is 1210 g/mol. The molecule has 10 heterocycles. The Morgan fingerprint density at radius 3 is 1.60 bits per heavy atom. The highest BCUT2D eigenvalue weighted by molar-refractivity contribution is 6.34. The van der Waals surface area contributed by atoms with Crippen molar-refractivity contribution in [3.8, 4) is 18.2 Å². The number of aromatic amines is 2. The lowest BCUT2D eigenvalue weighted by Crippen LogP contribution is -2.30. The number of hydrogen-bond acceptors (Lipinski definition) is 20. The number of aryl methyl sites for hydroxylation is 10. The predicted octanol–water partition coefficient (Wildman–Crippen LogP) is 7.22. The molecule has 1 aliphatic rings. The number of carbonyl (C=O) groups excluding carboxylic acids is 2. The Labute approximate surface area is 511 Å². The van der Waals surface area contributed by atoms with E-state index in [2.05, 4.69) is 93.0 Å². The van der Waals surface area contributed by atoms with Crippen LogP contribution < -0.4 is 26.6 Å². The number of carbonyl (C=O) groups is 4. The van der Waals surface area contributed by atoms with Crippen LogP contribution in [-0.4, -0.2) is 120 Å². The van der Waals surface area contributed by atoms with Crippen LogP contribution in [0.15, 0.2) is 92.4 Å². The number of H-pyrrole nitrogens is 2. The van der Waals surface area contributed by atoms with Crippen LogP contribution in [0.3, 0.4) is 0 Å². The van der Waals surface area contributed by atoms with E-state index in [9.17, 15) is 9.59 Å². The molecular weight excluding hydrogens is 1140 g/mol. The smallest absolute Gasteiger partial charge is 0.414 e. The number of nitrogen functional groups attached to an aromatic ring is 2. The summed E-state index contributed by atoms with van der Waals surface area (Å²) < 4.78 is 9.27. The topological polar surface area (TPSA) is 423 Å². The van der Waals surface area contributed by atoms with Gasteiger partial charge in [-0.15, -0.1) is 0 Å². The molecule has 0 spiro atoms. The Morgan fingerprint density at radius 2 is 1.10 bits per heavy atom. The molecule has 0 aliphatic carbocycles. The van der Waals surface area contributed by atoms with E-state index in [0.717, 1.165) is 104 Å². The first-order valence-electron chi connectivity index (χ1n) is 28.2. The molecule has 10 aromatic rings. The summed E-state index contributed by atoms with van der Waals surface area (Å²) in [7, 11) is 5.88. The average Bonchev–Trinajstić information content (AvgIpc) is 1.94. The van der Waals surface area contributed by atoms with E-state index in [0.29, 0.717) is 73.9 Å². The number of benzene rings is 1. The fourth-order valence-electron chi connectivity index (χ4n) is 8.68. The molecule has 0 fully saturated rings. The molecule has 0 unspecified atom stereocenters. The first-order valence-corrected chi connectivity index (χ1v) is 28.2. The van der Waals surface area contributed by atoms with Gasteiger partial charge in [0.2, 0.25) is 0 Å². The van der Waals surface area contributed by atoms with Gasteiger partial charge >= 0.3 is 11.9 Å². The van der Waals surface area contributed by atoms with Crippen LogP contribution in [0, 0.1) is 34.0 Å². The summed E-state index contributed by atoms with van der Waals surface area (Å²) in [6, 6.07) is 17.1. The number of aromatic nitrogens is 16. The van der Waals surface area contributed by atoms with Crippen LogP contribution in [-0.2, 0) is 75.4 Å². The molecular formula is C59H70N24O6. The summed E-state index contributed by atoms with van der Waals surface area (Å²) in [6.45, 7) is 12.0. The lowest BCUT2D eigenvalue weighted by atomic mass is 10.1. The number of nitriles is 3. The zero-order chi connectivity index (χ0) is 64.7. The second-order valence-corrected chi connectivity index (χ2v) is 19.4. The van der Waals surface area contributed by atoms with Crippen molar-refractivity contribution >= 4 is 86.5 Å². The molecule has 0 radical (unpaired) electrons. The maximum absolute atomic E-state index is 12.2. The number of imide groups is 1. The Hall–Kier alpha value is -11.7. The molecule has 9 N–H and O–H groups in total. The highest BCUT2D eigenvalue weighted by Gasteiger charge is 2.38. The van der Waals surface area contributed by atoms with E-state index in [-0.39, 0.29) is 11.8 Å². The summed E-state index contributed by atoms with van der Waals surface area (Å²) in [5, 5.41) is 70.0. The predicted molar refractivity (Wildman–Crippen MR) is 331 cm³/mol. The molecule has 89 heavy (non-hydrogen) atoms. The third kappa shape index (κ3) is 17.0. The Morgan fingerprint density at radius 1 is 0.618 bits per heavy atom. The van der Waals surface area contributed by atoms with Gasteiger partial charge in [0.05, 0.1) is 117 Å². The third-order valence-corrected chi connectivity index (χ3v) is 13.5. The van der Waals surface area contributed by atoms with Crippen LogP contribution in [0.5, 0.6) is 0 Å². The van der Waals surface area contributed by atoms with Crippen LogP contribution in [0.4, 0.5) is 40.7 Å². The number of rotatable bonds is 16. The quantitative estimate of drug-likeness (QED) is 0.0371. The van der Waals surface area contributed by atoms with Crippen molar-refractivity contribution < 1.29 is 29.4 Å². The molecule has 0 atom stereocenters. The number of imidazole rings is 2. The molecule has 0 saturated carbocycles. The zero-order valence-corrected chi connectivity index (χ0v) is 50.6. The van der Waals surface area contributed by atoms with E-state index in [1.54, 1.807) is 71.1 Å². The number of carboxylic acid groups (broad SMARTS) is 2. The standard InChI is InChI=1S/C16H19N7.C15H17N7.C13H11N3O2.C8H12N4.C5H9N3.C2H2O4/c1-4-12-10-23(7-5-6-17)20-16(12)22(3)15-8-14-13(9-18-15)19-11-21(14)2;1-3-11-9-22(6-4-5-16)20-15(11)19-14-7-13-12(8-17-14)18-10-21(13)2;1-2-8-7-14-15-11(8)16-12(17)9-5-3-4-6-10(9)13(16)18;1-2-7-6-12(5-3-4-9)11-8(7)10;1-2-4-3-7-8-5(4)6;3-1(4)2(5)6/h8-11H,4-5,7H2,1-3H3;7-10H,3-4,6H2,1-2H3,(H,17,19,20);3-7H,2H2,1H3,(H,14,15);6H,2-3,5H2,1H3,(H2,10,11);3H,2H2,1H3,(H3,6,7,8);(H,3,4)(H,5,6). The van der Waals surface area contributed by atoms with Gasteiger partial charge in [0, 0.05) is 79.7 Å². The number of aliphatic carboxylic acids is 2. The van der Waals surface area contributed by atoms with Gasteiger partial charge in [0.1, 0.15) is 40.1 Å². The Balaban J connectivity index is 0.000000179. The van der Waals surface area contributed by atoms with Crippen LogP contribution in [0.25, 0.3) is 22.1 Å². The summed E-state index contributed by atoms with van der Waals surface area (Å²) in [6.07, 6.45) is 22.0. The highest BCUT2D eigenvalue weighted by Crippen LogP contribution is 2.30. The van der Waals surface area contributed by atoms with E-state index in [4.69, 9.17) is 47.1 Å². The molecule has 0 saturated heterocycles. The number of nitrogens with one attached hydrogen (secondary N) is 3. The van der Waals surface area contributed by atoms with Gasteiger partial charge in [-0.25, -0.2) is 34.4 Å². The number of nitrogens with zero attached hydrogens (tertiary/aromatic N) is 19. The molecule has 30 heteroatoms. The highest BCUT2D eigenvalue weighted by atomic mass is 16.4. The van der Waals surface area contributed by atoms with Gasteiger partial charge in [-0.2, -0.15) is 41.3 Å². The maximum Gasteiger partial charge on any atom is 0.414 e. The van der Waals surface area contributed by atoms with Crippen LogP contribution >= 0.6 is 0 Å². The monoisotopic (exact) mass is 1210 g/mol. The van der Waals surface area contributed by atoms with Crippen LogP contribution in [0.1, 0.15) is 102 Å². The normalized spacial score (nSPS) is 11.0. The minimum Gasteiger partial charge on any atom is -0.473 e. The molecule has 11 rings (SSSR count). The number of nitrogens with two attached hydrogens (primary N) is 2. The molecule has 1 aromatic carbocycles. The second kappa shape index (κ2) is 32.0. The molecule has 462 valence electrons. The minimum absolute atomic E-state index is 0.297. The van der Waals surface area contributed by atoms with Gasteiger partial charge in [-0.1, -0.05) is 46.8 Å². The molecule has 0 bridgehead atoms. The van der Waals surface area contributed by atoms with E-state index in [1.807, 2.05) is 91.4 Å². The first-order chi connectivity index (χ1) is 42.8. The fourth-order valence-corrected chi connectivity index (χ4v) is 8.68. The lowest BCUT2D eigenvalue weighted by Gasteiger charge is -2.17. The summed E-state index contributed by atoms with van der Waals surface area (Å²) in [5.74, 6) is 0.715. The van der Waals surface area contributed by atoms with Crippen molar-refractivity contribution in [2.75, 3.05) is 33.6 Å². The van der Waals surface area contributed by atoms with Crippen molar-refractivity contribution in [2.45, 2.75) is 106 Å². The van der Waals surface area contributed by atoms with E-state index >= 15 is 0 Å². The Bertz CT molecular complexity index is 4110. The van der Waals surface area contributed by atoms with Crippen molar-refractivity contribution in [2.24, 2.45) is 14.1 Å². The molecule has 1 aliphatic heterocycles. The lowest BCUT2D eigenvalue weighted by molar-refractivity contribution is -0.159. The largest absolute Gasteiger partial charge is 0.473 e. The van der Waals surface area contributed by atoms with Crippen LogP contribution in [0.2, 0.25) is 0 Å². The van der Waals surface area contributed by atoms with E-state index < -0.39 is 11.9 Å². The van der Waals surface area contributed by atoms with Gasteiger partial charge in [-0.3, -0.25) is 33.8 Å². The molecule has 2 amide bonds. The zero-order valence-electron chi connectivity index (χ0n) is 50.6. The number of pyridine rings is 2. The van der Waals surface area contributed by atoms with Crippen molar-refractivity contribution in [1.29, 1.82) is 15.8 Å². The molecule has 30 nitrogen and oxygen atoms in total. The fraction of sp³-hybridized carbons (Fsp3) is 0.322. The Kier molecular flexibility index (Phi) is 23.8. The summed E-state index contributed by atoms with van der Waals surface area (Å²) in [4.78, 5) is 63.2. The van der Waals surface area contributed by atoms with E-state index in [1.165, 1.54) is 0 Å². The maximum atomic E-state index is 12.2. The number of fused-ring (bicyclic) bond motifs is 3. The van der Waals surface area contributed by atoms with Crippen molar-refractivity contribution in [3.05, 3.63) is 131 Å². The van der Waals surface area contributed by atoms with Crippen molar-refractivity contribution in [1.82, 2.24) is 78.8 Å². The van der Waals surface area contributed by atoms with Gasteiger partial charge in [0.15, 0.2) is 11.6 Å². The summed E-state index contributed by atoms with van der Waals surface area (Å²) in [5.41, 5.74) is 20.9. The SMILES string of the molecule is CCc1cn(CCC#N)nc1N.CCc1cn(CCC#N)nc1N(C)c1cc2c(cn1)ncn2C.CCc1cn(CCC#N)nc1Nc1cc2c(cn1)ncn2C.CCc1cn[nH]c1N.CCc1cn[nH]c1N1C(=O)c2ccccc2C1=O.O=C(O)C(=O)O. The van der Waals surface area contributed by atoms with Gasteiger partial charge < -0.3 is 41.0 Å². The first kappa shape index (κ1) is 66.4. The number of anilines is 7. The second-order valence-electron chi connectivity index (χ2n) is 19.4. The number of hydrogen-bond donors (Lipinski definition) is 7. The van der Waals surface area contributed by atoms with Gasteiger partial charge in [-0.05, 0) is 44.2 Å². The summed E-state index contributed by atoms with van der Waals surface area (Å²) >= 11 is 0. The number of carboxylic acids is 2. The number of amides is 2.